The summed E-state index contributed by atoms with van der Waals surface area (Å²) in [6.07, 6.45) is -0.374. The van der Waals surface area contributed by atoms with E-state index < -0.39 is 29.6 Å². The lowest BCUT2D eigenvalue weighted by molar-refractivity contribution is -0.190. The summed E-state index contributed by atoms with van der Waals surface area (Å²) in [6, 6.07) is 0. The van der Waals surface area contributed by atoms with Gasteiger partial charge in [-0.25, -0.2) is 0 Å². The first kappa shape index (κ1) is 19.9. The second-order valence-corrected chi connectivity index (χ2v) is 7.00. The van der Waals surface area contributed by atoms with Crippen molar-refractivity contribution in [2.45, 2.75) is 71.6 Å². The zero-order valence-corrected chi connectivity index (χ0v) is 15.2. The summed E-state index contributed by atoms with van der Waals surface area (Å²) in [5, 5.41) is 10.6. The van der Waals surface area contributed by atoms with Gasteiger partial charge < -0.3 is 19.5 Å². The molecule has 6 heteroatoms. The number of hydrogen-bond acceptors (Lipinski definition) is 6. The van der Waals surface area contributed by atoms with E-state index >= 15 is 0 Å². The van der Waals surface area contributed by atoms with E-state index in [1.54, 1.807) is 6.92 Å². The number of aliphatic hydroxyl groups excluding tert-OH is 1. The minimum Gasteiger partial charge on any atom is -0.466 e. The van der Waals surface area contributed by atoms with Gasteiger partial charge in [0.15, 0.2) is 0 Å². The zero-order chi connectivity index (χ0) is 17.8. The molecular formula is C17H31NO5. The highest BCUT2D eigenvalue weighted by Crippen LogP contribution is 2.46. The largest absolute Gasteiger partial charge is 0.466 e. The van der Waals surface area contributed by atoms with E-state index in [0.29, 0.717) is 13.0 Å². The Bertz CT molecular complexity index is 437. The van der Waals surface area contributed by atoms with E-state index in [-0.39, 0.29) is 18.4 Å². The summed E-state index contributed by atoms with van der Waals surface area (Å²) in [4.78, 5) is 25.5. The molecule has 1 aliphatic heterocycles. The number of aliphatic hydroxyl groups is 1. The highest BCUT2D eigenvalue weighted by molar-refractivity contribution is 5.77. The van der Waals surface area contributed by atoms with Gasteiger partial charge in [-0.3, -0.25) is 9.59 Å². The minimum absolute atomic E-state index is 0.00832. The Morgan fingerprint density at radius 2 is 1.83 bits per heavy atom. The van der Waals surface area contributed by atoms with Crippen molar-refractivity contribution in [1.29, 1.82) is 0 Å². The maximum atomic E-state index is 12.0. The monoisotopic (exact) mass is 329 g/mol. The Morgan fingerprint density at radius 3 is 2.39 bits per heavy atom. The maximum absolute atomic E-state index is 12.0. The fourth-order valence-corrected chi connectivity index (χ4v) is 3.30. The third kappa shape index (κ3) is 4.04. The lowest BCUT2D eigenvalue weighted by Crippen LogP contribution is -2.67. The number of likely N-dealkylation sites (tertiary alicyclic amines) is 1. The summed E-state index contributed by atoms with van der Waals surface area (Å²) in [5.41, 5.74) is -0.926. The van der Waals surface area contributed by atoms with Gasteiger partial charge in [-0.2, -0.15) is 0 Å². The molecule has 1 heterocycles. The van der Waals surface area contributed by atoms with Crippen LogP contribution in [0.3, 0.4) is 0 Å². The molecule has 0 spiro atoms. The Hall–Kier alpha value is -1.14. The van der Waals surface area contributed by atoms with Crippen molar-refractivity contribution >= 4 is 11.9 Å². The lowest BCUT2D eigenvalue weighted by atomic mass is 9.62. The molecule has 134 valence electrons. The molecule has 3 unspecified atom stereocenters. The zero-order valence-electron chi connectivity index (χ0n) is 15.2. The van der Waals surface area contributed by atoms with Crippen molar-refractivity contribution in [3.8, 4) is 0 Å². The summed E-state index contributed by atoms with van der Waals surface area (Å²) in [5.74, 6) is -0.843. The van der Waals surface area contributed by atoms with E-state index in [0.717, 1.165) is 6.54 Å². The lowest BCUT2D eigenvalue weighted by Gasteiger charge is -2.57. The van der Waals surface area contributed by atoms with Gasteiger partial charge in [0.25, 0.3) is 0 Å². The van der Waals surface area contributed by atoms with Crippen molar-refractivity contribution in [1.82, 2.24) is 4.90 Å². The van der Waals surface area contributed by atoms with Crippen LogP contribution in [0.15, 0.2) is 0 Å². The normalized spacial score (nSPS) is 28.9. The van der Waals surface area contributed by atoms with E-state index in [2.05, 4.69) is 18.7 Å². The fraction of sp³-hybridized carbons (Fsp3) is 0.882. The van der Waals surface area contributed by atoms with Crippen molar-refractivity contribution in [2.75, 3.05) is 20.2 Å². The average Bonchev–Trinajstić information content (AvgIpc) is 2.47. The summed E-state index contributed by atoms with van der Waals surface area (Å²) < 4.78 is 10.3. The van der Waals surface area contributed by atoms with Crippen LogP contribution in [0.25, 0.3) is 0 Å². The minimum atomic E-state index is -0.598. The van der Waals surface area contributed by atoms with Crippen LogP contribution in [-0.2, 0) is 19.1 Å². The molecule has 1 aliphatic rings. The molecule has 0 aromatic heterocycles. The van der Waals surface area contributed by atoms with E-state index in [9.17, 15) is 14.7 Å². The van der Waals surface area contributed by atoms with Gasteiger partial charge in [0, 0.05) is 17.5 Å². The molecule has 0 aliphatic carbocycles. The predicted octanol–water partition coefficient (Wildman–Crippen LogP) is 1.74. The molecule has 0 bridgehead atoms. The van der Waals surface area contributed by atoms with Crippen LogP contribution in [0.4, 0.5) is 0 Å². The fourth-order valence-electron chi connectivity index (χ4n) is 3.30. The predicted molar refractivity (Wildman–Crippen MR) is 86.9 cm³/mol. The van der Waals surface area contributed by atoms with E-state index in [1.807, 2.05) is 20.9 Å². The summed E-state index contributed by atoms with van der Waals surface area (Å²) in [6.45, 7) is 10.7. The van der Waals surface area contributed by atoms with Crippen molar-refractivity contribution in [3.05, 3.63) is 0 Å². The van der Waals surface area contributed by atoms with Crippen LogP contribution in [0.5, 0.6) is 0 Å². The van der Waals surface area contributed by atoms with Crippen molar-refractivity contribution < 1.29 is 24.2 Å². The molecule has 0 aromatic rings. The number of hydrogen-bond donors (Lipinski definition) is 1. The molecule has 1 rings (SSSR count). The second kappa shape index (κ2) is 7.62. The first-order valence-corrected chi connectivity index (χ1v) is 8.31. The highest BCUT2D eigenvalue weighted by atomic mass is 16.5. The summed E-state index contributed by atoms with van der Waals surface area (Å²) in [7, 11) is 2.01. The third-order valence-corrected chi connectivity index (χ3v) is 5.69. The van der Waals surface area contributed by atoms with Gasteiger partial charge >= 0.3 is 11.9 Å². The Morgan fingerprint density at radius 1 is 1.26 bits per heavy atom. The second-order valence-electron chi connectivity index (χ2n) is 7.00. The number of esters is 2. The van der Waals surface area contributed by atoms with Gasteiger partial charge in [-0.05, 0) is 41.2 Å². The molecule has 0 radical (unpaired) electrons. The van der Waals surface area contributed by atoms with Crippen LogP contribution in [0.2, 0.25) is 0 Å². The number of piperidine rings is 1. The first-order chi connectivity index (χ1) is 10.6. The molecule has 0 amide bonds. The van der Waals surface area contributed by atoms with Crippen LogP contribution < -0.4 is 0 Å². The maximum Gasteiger partial charge on any atom is 0.306 e. The van der Waals surface area contributed by atoms with Crippen molar-refractivity contribution in [2.24, 2.45) is 5.41 Å². The van der Waals surface area contributed by atoms with Crippen LogP contribution in [0, 0.1) is 5.41 Å². The molecule has 0 aromatic carbocycles. The third-order valence-electron chi connectivity index (χ3n) is 5.69. The Balaban J connectivity index is 2.72. The van der Waals surface area contributed by atoms with Gasteiger partial charge in [-0.15, -0.1) is 0 Å². The van der Waals surface area contributed by atoms with Crippen LogP contribution in [0.1, 0.15) is 53.9 Å². The molecular weight excluding hydrogens is 298 g/mol. The standard InChI is InChI=1S/C17H31NO5/c1-7-22-14(20)8-9-15(21)23-12(2)17(5)13(19)10-11-18(6)16(17,3)4/h12-13,19H,7-11H2,1-6H3. The number of carbonyl (C=O) groups is 2. The van der Waals surface area contributed by atoms with Crippen molar-refractivity contribution in [3.63, 3.8) is 0 Å². The first-order valence-electron chi connectivity index (χ1n) is 8.31. The Kier molecular flexibility index (Phi) is 6.59. The molecule has 0 saturated carbocycles. The molecule has 1 N–H and O–H groups in total. The van der Waals surface area contributed by atoms with Gasteiger partial charge in [0.1, 0.15) is 6.10 Å². The number of rotatable bonds is 6. The smallest absolute Gasteiger partial charge is 0.306 e. The number of carbonyl (C=O) groups excluding carboxylic acids is 2. The number of ether oxygens (including phenoxy) is 2. The SMILES string of the molecule is CCOC(=O)CCC(=O)OC(C)C1(C)C(O)CCN(C)C1(C)C. The summed E-state index contributed by atoms with van der Waals surface area (Å²) >= 11 is 0. The molecule has 1 saturated heterocycles. The molecule has 23 heavy (non-hydrogen) atoms. The molecule has 1 fully saturated rings. The number of nitrogens with zero attached hydrogens (tertiary/aromatic N) is 1. The van der Waals surface area contributed by atoms with Crippen LogP contribution in [-0.4, -0.2) is 59.9 Å². The topological polar surface area (TPSA) is 76.1 Å². The Labute approximate surface area is 139 Å². The van der Waals surface area contributed by atoms with Gasteiger partial charge in [0.2, 0.25) is 0 Å². The average molecular weight is 329 g/mol. The molecule has 6 nitrogen and oxygen atoms in total. The van der Waals surface area contributed by atoms with Gasteiger partial charge in [0.05, 0.1) is 25.6 Å². The highest BCUT2D eigenvalue weighted by Gasteiger charge is 2.56. The van der Waals surface area contributed by atoms with E-state index in [4.69, 9.17) is 9.47 Å². The van der Waals surface area contributed by atoms with Crippen LogP contribution >= 0.6 is 0 Å². The quantitative estimate of drug-likeness (QED) is 0.748. The molecule has 3 atom stereocenters. The van der Waals surface area contributed by atoms with E-state index in [1.165, 1.54) is 0 Å². The van der Waals surface area contributed by atoms with Gasteiger partial charge in [-0.1, -0.05) is 6.92 Å².